The summed E-state index contributed by atoms with van der Waals surface area (Å²) < 4.78 is 1.57. The van der Waals surface area contributed by atoms with Gasteiger partial charge in [0.2, 0.25) is 5.82 Å². The number of nitrogens with zero attached hydrogens (tertiary/aromatic N) is 3. The van der Waals surface area contributed by atoms with Gasteiger partial charge in [0.05, 0.1) is 11.8 Å². The van der Waals surface area contributed by atoms with Crippen molar-refractivity contribution in [3.05, 3.63) is 11.2 Å². The normalized spacial score (nSPS) is 21.4. The zero-order chi connectivity index (χ0) is 12.4. The molecule has 0 spiro atoms. The Labute approximate surface area is 106 Å². The number of nitrogens with two attached hydrogens (primary N) is 2. The lowest BCUT2D eigenvalue weighted by Crippen LogP contribution is -2.39. The molecule has 1 aliphatic rings. The van der Waals surface area contributed by atoms with Crippen molar-refractivity contribution in [3.8, 4) is 0 Å². The van der Waals surface area contributed by atoms with E-state index in [-0.39, 0.29) is 6.04 Å². The van der Waals surface area contributed by atoms with Gasteiger partial charge in [-0.1, -0.05) is 11.1 Å². The number of hydrogen-bond acceptors (Lipinski definition) is 4. The number of aryl methyl sites for hydroxylation is 1. The fraction of sp³-hybridized carbons (Fsp3) is 0.636. The predicted octanol–water partition coefficient (Wildman–Crippen LogP) is 0.459. The Bertz CT molecular complexity index is 409. The van der Waals surface area contributed by atoms with Crippen LogP contribution in [0.5, 0.6) is 0 Å². The van der Waals surface area contributed by atoms with Crippen LogP contribution in [0.3, 0.4) is 0 Å². The van der Waals surface area contributed by atoms with Crippen LogP contribution in [0.1, 0.15) is 19.3 Å². The van der Waals surface area contributed by atoms with Gasteiger partial charge in [-0.05, 0) is 24.4 Å². The van der Waals surface area contributed by atoms with Gasteiger partial charge in [0.15, 0.2) is 7.05 Å². The highest BCUT2D eigenvalue weighted by Gasteiger charge is 2.21. The van der Waals surface area contributed by atoms with Crippen molar-refractivity contribution in [2.75, 3.05) is 23.7 Å². The number of anilines is 2. The summed E-state index contributed by atoms with van der Waals surface area (Å²) in [5.74, 6) is 0.506. The van der Waals surface area contributed by atoms with Crippen LogP contribution in [-0.2, 0) is 7.05 Å². The molecule has 5 nitrogen and oxygen atoms in total. The van der Waals surface area contributed by atoms with E-state index in [4.69, 9.17) is 23.1 Å². The number of rotatable bonds is 1. The summed E-state index contributed by atoms with van der Waals surface area (Å²) in [6.45, 7) is 1.78. The Kier molecular flexibility index (Phi) is 3.69. The Hall–Kier alpha value is -1.07. The topological polar surface area (TPSA) is 72.0 Å². The summed E-state index contributed by atoms with van der Waals surface area (Å²) in [6.07, 6.45) is 3.36. The van der Waals surface area contributed by atoms with Crippen LogP contribution in [0.25, 0.3) is 0 Å². The minimum atomic E-state index is 0.199. The van der Waals surface area contributed by atoms with Crippen molar-refractivity contribution in [2.24, 2.45) is 12.8 Å². The maximum atomic E-state index is 6.07. The molecule has 1 atom stereocenters. The smallest absolute Gasteiger partial charge is 0.302 e. The molecule has 2 rings (SSSR count). The van der Waals surface area contributed by atoms with Crippen molar-refractivity contribution in [1.29, 1.82) is 0 Å². The average Bonchev–Trinajstić information content (AvgIpc) is 2.48. The Morgan fingerprint density at radius 1 is 1.53 bits per heavy atom. The SMILES string of the molecule is C[n+]1nc(N)c(N2CCCC[C@H](N)C2)cc1Cl. The van der Waals surface area contributed by atoms with E-state index < -0.39 is 0 Å². The van der Waals surface area contributed by atoms with Crippen LogP contribution in [0.15, 0.2) is 6.07 Å². The third-order valence-electron chi connectivity index (χ3n) is 3.13. The van der Waals surface area contributed by atoms with Crippen molar-refractivity contribution in [1.82, 2.24) is 5.10 Å². The zero-order valence-corrected chi connectivity index (χ0v) is 10.8. The summed E-state index contributed by atoms with van der Waals surface area (Å²) in [4.78, 5) is 2.19. The average molecular weight is 257 g/mol. The van der Waals surface area contributed by atoms with Crippen LogP contribution in [0, 0.1) is 0 Å². The lowest BCUT2D eigenvalue weighted by Gasteiger charge is -2.24. The minimum Gasteiger partial charge on any atom is -0.377 e. The van der Waals surface area contributed by atoms with E-state index in [9.17, 15) is 0 Å². The molecule has 0 bridgehead atoms. The lowest BCUT2D eigenvalue weighted by atomic mass is 10.2. The summed E-state index contributed by atoms with van der Waals surface area (Å²) in [7, 11) is 1.77. The van der Waals surface area contributed by atoms with Crippen molar-refractivity contribution < 1.29 is 4.68 Å². The van der Waals surface area contributed by atoms with E-state index in [1.807, 2.05) is 6.07 Å². The minimum absolute atomic E-state index is 0.199. The maximum Gasteiger partial charge on any atom is 0.302 e. The van der Waals surface area contributed by atoms with E-state index in [1.165, 1.54) is 6.42 Å². The molecule has 6 heteroatoms. The Balaban J connectivity index is 2.28. The first-order valence-electron chi connectivity index (χ1n) is 5.91. The highest BCUT2D eigenvalue weighted by atomic mass is 35.5. The molecule has 17 heavy (non-hydrogen) atoms. The number of halogens is 1. The number of aromatic nitrogens is 2. The summed E-state index contributed by atoms with van der Waals surface area (Å²) in [6, 6.07) is 2.06. The quantitative estimate of drug-likeness (QED) is 0.716. The molecule has 1 saturated heterocycles. The molecule has 0 amide bonds. The first kappa shape index (κ1) is 12.4. The van der Waals surface area contributed by atoms with Crippen LogP contribution in [0.4, 0.5) is 11.5 Å². The molecule has 0 saturated carbocycles. The maximum absolute atomic E-state index is 6.07. The molecule has 1 aromatic heterocycles. The Morgan fingerprint density at radius 3 is 3.06 bits per heavy atom. The molecule has 0 aromatic carbocycles. The molecule has 1 aliphatic heterocycles. The van der Waals surface area contributed by atoms with Gasteiger partial charge in [0.1, 0.15) is 0 Å². The molecule has 1 aromatic rings. The van der Waals surface area contributed by atoms with Gasteiger partial charge in [0, 0.05) is 24.2 Å². The first-order valence-corrected chi connectivity index (χ1v) is 6.28. The van der Waals surface area contributed by atoms with Gasteiger partial charge < -0.3 is 16.4 Å². The molecule has 94 valence electrons. The molecule has 1 fully saturated rings. The van der Waals surface area contributed by atoms with E-state index in [2.05, 4.69) is 10.00 Å². The lowest BCUT2D eigenvalue weighted by molar-refractivity contribution is -0.727. The van der Waals surface area contributed by atoms with E-state index in [1.54, 1.807) is 11.7 Å². The van der Waals surface area contributed by atoms with Gasteiger partial charge in [-0.15, -0.1) is 0 Å². The van der Waals surface area contributed by atoms with E-state index in [0.717, 1.165) is 31.6 Å². The summed E-state index contributed by atoms with van der Waals surface area (Å²) in [5, 5.41) is 4.76. The predicted molar refractivity (Wildman–Crippen MR) is 68.9 cm³/mol. The van der Waals surface area contributed by atoms with Gasteiger partial charge in [-0.3, -0.25) is 0 Å². The van der Waals surface area contributed by atoms with Crippen molar-refractivity contribution >= 4 is 23.1 Å². The largest absolute Gasteiger partial charge is 0.377 e. The van der Waals surface area contributed by atoms with Gasteiger partial charge in [0.25, 0.3) is 0 Å². The third-order valence-corrected chi connectivity index (χ3v) is 3.49. The fourth-order valence-electron chi connectivity index (χ4n) is 2.19. The highest BCUT2D eigenvalue weighted by molar-refractivity contribution is 6.28. The van der Waals surface area contributed by atoms with Gasteiger partial charge in [-0.2, -0.15) is 0 Å². The molecular formula is C11H19ClN5+. The standard InChI is InChI=1S/C11H19ClN5/c1-16-10(12)6-9(11(14)15-16)17-5-3-2-4-8(13)7-17/h6,8H,2-5,7,13H2,1H3,(H2,14,15)/q+1/t8-/m0/s1. The summed E-state index contributed by atoms with van der Waals surface area (Å²) >= 11 is 6.07. The van der Waals surface area contributed by atoms with Crippen molar-refractivity contribution in [2.45, 2.75) is 25.3 Å². The van der Waals surface area contributed by atoms with Gasteiger partial charge in [-0.25, -0.2) is 0 Å². The van der Waals surface area contributed by atoms with Crippen LogP contribution >= 0.6 is 11.6 Å². The van der Waals surface area contributed by atoms with Gasteiger partial charge >= 0.3 is 5.15 Å². The molecule has 0 unspecified atom stereocenters. The Morgan fingerprint density at radius 2 is 2.29 bits per heavy atom. The molecule has 0 aliphatic carbocycles. The molecular weight excluding hydrogens is 238 g/mol. The first-order chi connectivity index (χ1) is 8.08. The van der Waals surface area contributed by atoms with E-state index in [0.29, 0.717) is 11.0 Å². The van der Waals surface area contributed by atoms with Crippen LogP contribution in [0.2, 0.25) is 5.15 Å². The molecule has 4 N–H and O–H groups in total. The second kappa shape index (κ2) is 5.06. The number of hydrogen-bond donors (Lipinski definition) is 2. The monoisotopic (exact) mass is 256 g/mol. The third kappa shape index (κ3) is 2.79. The van der Waals surface area contributed by atoms with Crippen molar-refractivity contribution in [3.63, 3.8) is 0 Å². The van der Waals surface area contributed by atoms with E-state index >= 15 is 0 Å². The molecule has 2 heterocycles. The second-order valence-corrected chi connectivity index (χ2v) is 4.95. The summed E-state index contributed by atoms with van der Waals surface area (Å²) in [5.41, 5.74) is 12.9. The highest BCUT2D eigenvalue weighted by Crippen LogP contribution is 2.24. The zero-order valence-electron chi connectivity index (χ0n) is 10.1. The van der Waals surface area contributed by atoms with Crippen LogP contribution in [-0.4, -0.2) is 24.2 Å². The fourth-order valence-corrected chi connectivity index (χ4v) is 2.33. The second-order valence-electron chi connectivity index (χ2n) is 4.56. The molecule has 0 radical (unpaired) electrons. The number of nitrogen functional groups attached to an aromatic ring is 1. The van der Waals surface area contributed by atoms with Crippen LogP contribution < -0.4 is 21.0 Å².